The van der Waals surface area contributed by atoms with Gasteiger partial charge in [-0.25, -0.2) is 5.48 Å². The standard InChI is InChI=1S/C4H11NO.ClH.H4N2/c1-4(2)3-5-6;;1-2/h4-6H,3H2,1-2H3;1H;1-2H2. The normalized spacial score (nSPS) is 7.33. The molecule has 0 aliphatic rings. The molecule has 0 aliphatic carbocycles. The van der Waals surface area contributed by atoms with Crippen LogP contribution in [0.2, 0.25) is 0 Å². The van der Waals surface area contributed by atoms with Crippen LogP contribution in [0, 0.1) is 5.92 Å². The van der Waals surface area contributed by atoms with Crippen LogP contribution >= 0.6 is 12.4 Å². The lowest BCUT2D eigenvalue weighted by molar-refractivity contribution is 0.154. The first-order chi connectivity index (χ1) is 3.77. The Morgan fingerprint density at radius 3 is 1.78 bits per heavy atom. The largest absolute Gasteiger partial charge is 0.317 e. The minimum Gasteiger partial charge on any atom is -0.317 e. The highest BCUT2D eigenvalue weighted by Crippen LogP contribution is 1.83. The quantitative estimate of drug-likeness (QED) is 0.332. The number of hydrogen-bond donors (Lipinski definition) is 4. The highest BCUT2D eigenvalue weighted by atomic mass is 35.5. The van der Waals surface area contributed by atoms with Crippen molar-refractivity contribution >= 4 is 12.4 Å². The van der Waals surface area contributed by atoms with Gasteiger partial charge in [0.2, 0.25) is 0 Å². The fourth-order valence-corrected chi connectivity index (χ4v) is 0.183. The maximum absolute atomic E-state index is 7.99. The molecule has 0 saturated carbocycles. The summed E-state index contributed by atoms with van der Waals surface area (Å²) in [5.74, 6) is 8.54. The molecule has 0 heterocycles. The number of nitrogens with two attached hydrogens (primary N) is 2. The van der Waals surface area contributed by atoms with E-state index >= 15 is 0 Å². The summed E-state index contributed by atoms with van der Waals surface area (Å²) in [5, 5.41) is 7.99. The van der Waals surface area contributed by atoms with Gasteiger partial charge in [-0.2, -0.15) is 0 Å². The minimum absolute atomic E-state index is 0. The summed E-state index contributed by atoms with van der Waals surface area (Å²) in [6.45, 7) is 4.74. The Morgan fingerprint density at radius 1 is 1.44 bits per heavy atom. The Bertz CT molecular complexity index is 37.0. The van der Waals surface area contributed by atoms with E-state index < -0.39 is 0 Å². The van der Waals surface area contributed by atoms with E-state index in [1.165, 1.54) is 0 Å². The van der Waals surface area contributed by atoms with Gasteiger partial charge in [0.25, 0.3) is 0 Å². The molecule has 0 rings (SSSR count). The highest BCUT2D eigenvalue weighted by Gasteiger charge is 1.85. The molecular weight excluding hydrogens is 142 g/mol. The second-order valence-corrected chi connectivity index (χ2v) is 1.76. The molecule has 0 amide bonds. The summed E-state index contributed by atoms with van der Waals surface area (Å²) >= 11 is 0. The van der Waals surface area contributed by atoms with Crippen LogP contribution in [0.4, 0.5) is 0 Å². The summed E-state index contributed by atoms with van der Waals surface area (Å²) < 4.78 is 0. The van der Waals surface area contributed by atoms with Crippen LogP contribution in [-0.2, 0) is 0 Å². The number of halogens is 1. The van der Waals surface area contributed by atoms with Crippen molar-refractivity contribution in [3.63, 3.8) is 0 Å². The zero-order valence-electron chi connectivity index (χ0n) is 5.79. The molecular formula is C4H16ClN3O. The Balaban J connectivity index is -0.000000109. The molecule has 0 bridgehead atoms. The van der Waals surface area contributed by atoms with E-state index in [1.807, 2.05) is 13.8 Å². The Hall–Kier alpha value is 0.130. The minimum atomic E-state index is 0. The predicted octanol–water partition coefficient (Wildman–Crippen LogP) is -0.138. The van der Waals surface area contributed by atoms with Gasteiger partial charge in [-0.15, -0.1) is 12.4 Å². The van der Waals surface area contributed by atoms with Gasteiger partial charge in [0.1, 0.15) is 0 Å². The molecule has 0 atom stereocenters. The molecule has 4 nitrogen and oxygen atoms in total. The van der Waals surface area contributed by atoms with Gasteiger partial charge >= 0.3 is 0 Å². The molecule has 0 saturated heterocycles. The SMILES string of the molecule is CC(C)CNO.Cl.NN. The van der Waals surface area contributed by atoms with Crippen molar-refractivity contribution in [2.45, 2.75) is 13.8 Å². The molecule has 0 unspecified atom stereocenters. The molecule has 60 valence electrons. The number of nitrogens with one attached hydrogen (secondary N) is 1. The smallest absolute Gasteiger partial charge is 0.0230 e. The lowest BCUT2D eigenvalue weighted by atomic mass is 10.2. The summed E-state index contributed by atoms with van der Waals surface area (Å²) in [4.78, 5) is 0. The van der Waals surface area contributed by atoms with Crippen molar-refractivity contribution in [3.05, 3.63) is 0 Å². The summed E-state index contributed by atoms with van der Waals surface area (Å²) in [5.41, 5.74) is 2.07. The van der Waals surface area contributed by atoms with Crippen molar-refractivity contribution in [2.75, 3.05) is 6.54 Å². The van der Waals surface area contributed by atoms with Crippen LogP contribution in [0.1, 0.15) is 13.8 Å². The van der Waals surface area contributed by atoms with Gasteiger partial charge in [-0.05, 0) is 5.92 Å². The Labute approximate surface area is 61.9 Å². The zero-order valence-corrected chi connectivity index (χ0v) is 6.61. The maximum Gasteiger partial charge on any atom is 0.0230 e. The van der Waals surface area contributed by atoms with Gasteiger partial charge in [-0.1, -0.05) is 13.8 Å². The zero-order chi connectivity index (χ0) is 6.99. The molecule has 0 radical (unpaired) electrons. The van der Waals surface area contributed by atoms with Crippen molar-refractivity contribution in [1.82, 2.24) is 5.48 Å². The lowest BCUT2D eigenvalue weighted by Crippen LogP contribution is -2.13. The second-order valence-electron chi connectivity index (χ2n) is 1.76. The van der Waals surface area contributed by atoms with Gasteiger partial charge in [0, 0.05) is 6.54 Å². The molecule has 0 fully saturated rings. The van der Waals surface area contributed by atoms with Gasteiger partial charge in [0.15, 0.2) is 0 Å². The van der Waals surface area contributed by atoms with Gasteiger partial charge in [-0.3, -0.25) is 11.7 Å². The van der Waals surface area contributed by atoms with E-state index in [4.69, 9.17) is 5.21 Å². The number of hydrazine groups is 1. The molecule has 6 N–H and O–H groups in total. The summed E-state index contributed by atoms with van der Waals surface area (Å²) in [7, 11) is 0. The fraction of sp³-hybridized carbons (Fsp3) is 1.00. The number of rotatable bonds is 2. The van der Waals surface area contributed by atoms with E-state index in [1.54, 1.807) is 0 Å². The van der Waals surface area contributed by atoms with Gasteiger partial charge in [0.05, 0.1) is 0 Å². The highest BCUT2D eigenvalue weighted by molar-refractivity contribution is 5.85. The molecule has 0 aromatic carbocycles. The maximum atomic E-state index is 7.99. The van der Waals surface area contributed by atoms with E-state index in [0.717, 1.165) is 0 Å². The molecule has 9 heavy (non-hydrogen) atoms. The van der Waals surface area contributed by atoms with Crippen LogP contribution in [-0.4, -0.2) is 11.8 Å². The molecule has 0 aliphatic heterocycles. The first-order valence-corrected chi connectivity index (χ1v) is 2.47. The van der Waals surface area contributed by atoms with E-state index in [-0.39, 0.29) is 12.4 Å². The first kappa shape index (κ1) is 16.1. The van der Waals surface area contributed by atoms with Crippen molar-refractivity contribution in [2.24, 2.45) is 17.6 Å². The third-order valence-corrected chi connectivity index (χ3v) is 0.500. The van der Waals surface area contributed by atoms with E-state index in [2.05, 4.69) is 17.2 Å². The topological polar surface area (TPSA) is 84.3 Å². The molecule has 5 heteroatoms. The van der Waals surface area contributed by atoms with E-state index in [0.29, 0.717) is 12.5 Å². The number of hydrogen-bond acceptors (Lipinski definition) is 4. The van der Waals surface area contributed by atoms with Crippen molar-refractivity contribution in [1.29, 1.82) is 0 Å². The Kier molecular flexibility index (Phi) is 28.0. The van der Waals surface area contributed by atoms with Crippen LogP contribution in [0.5, 0.6) is 0 Å². The average Bonchev–Trinajstić information content (AvgIpc) is 1.72. The fourth-order valence-electron chi connectivity index (χ4n) is 0.183. The summed E-state index contributed by atoms with van der Waals surface area (Å²) in [6, 6.07) is 0. The average molecular weight is 158 g/mol. The van der Waals surface area contributed by atoms with Gasteiger partial charge < -0.3 is 5.21 Å². The molecule has 0 aromatic heterocycles. The van der Waals surface area contributed by atoms with Crippen molar-refractivity contribution in [3.8, 4) is 0 Å². The monoisotopic (exact) mass is 157 g/mol. The van der Waals surface area contributed by atoms with Crippen LogP contribution in [0.3, 0.4) is 0 Å². The van der Waals surface area contributed by atoms with Crippen LogP contribution < -0.4 is 17.2 Å². The second kappa shape index (κ2) is 15.7. The summed E-state index contributed by atoms with van der Waals surface area (Å²) in [6.07, 6.45) is 0. The van der Waals surface area contributed by atoms with Crippen LogP contribution in [0.25, 0.3) is 0 Å². The van der Waals surface area contributed by atoms with Crippen molar-refractivity contribution < 1.29 is 5.21 Å². The first-order valence-electron chi connectivity index (χ1n) is 2.47. The third-order valence-electron chi connectivity index (χ3n) is 0.500. The Morgan fingerprint density at radius 2 is 1.78 bits per heavy atom. The van der Waals surface area contributed by atoms with Crippen LogP contribution in [0.15, 0.2) is 0 Å². The number of hydroxylamine groups is 1. The lowest BCUT2D eigenvalue weighted by Gasteiger charge is -1.97. The van der Waals surface area contributed by atoms with E-state index in [9.17, 15) is 0 Å². The third kappa shape index (κ3) is 31.2. The molecule has 0 spiro atoms. The molecule has 0 aromatic rings. The predicted molar refractivity (Wildman–Crippen MR) is 40.2 cm³/mol.